The number of aromatic nitrogens is 1. The van der Waals surface area contributed by atoms with Crippen LogP contribution in [0.3, 0.4) is 0 Å². The van der Waals surface area contributed by atoms with Crippen molar-refractivity contribution in [3.05, 3.63) is 53.2 Å². The number of hydrogen-bond donors (Lipinski definition) is 0. The van der Waals surface area contributed by atoms with Gasteiger partial charge in [0, 0.05) is 31.0 Å². The number of hydrogen-bond acceptors (Lipinski definition) is 4. The molecular formula is C21H25F3N4O3S. The van der Waals surface area contributed by atoms with Crippen LogP contribution in [0.1, 0.15) is 30.7 Å². The molecule has 1 aromatic heterocycles. The summed E-state index contributed by atoms with van der Waals surface area (Å²) in [5, 5.41) is 0. The van der Waals surface area contributed by atoms with Gasteiger partial charge in [-0.25, -0.2) is 9.29 Å². The Kier molecular flexibility index (Phi) is 6.27. The van der Waals surface area contributed by atoms with Gasteiger partial charge in [-0.15, -0.1) is 0 Å². The van der Waals surface area contributed by atoms with Crippen LogP contribution in [0, 0.1) is 13.8 Å². The highest BCUT2D eigenvalue weighted by Gasteiger charge is 2.50. The van der Waals surface area contributed by atoms with Gasteiger partial charge in [0.25, 0.3) is 5.91 Å². The Labute approximate surface area is 185 Å². The summed E-state index contributed by atoms with van der Waals surface area (Å²) in [5.41, 5.74) is 0.406. The van der Waals surface area contributed by atoms with E-state index < -0.39 is 45.8 Å². The van der Waals surface area contributed by atoms with Crippen LogP contribution in [-0.2, 0) is 21.2 Å². The Morgan fingerprint density at radius 2 is 1.84 bits per heavy atom. The van der Waals surface area contributed by atoms with E-state index in [4.69, 9.17) is 0 Å². The molecule has 1 amide bonds. The molecule has 2 heterocycles. The van der Waals surface area contributed by atoms with Crippen molar-refractivity contribution >= 4 is 27.6 Å². The number of nitrogens with zero attached hydrogens (tertiary/aromatic N) is 4. The molecule has 0 unspecified atom stereocenters. The van der Waals surface area contributed by atoms with E-state index in [2.05, 4.69) is 4.98 Å². The molecule has 3 rings (SSSR count). The predicted octanol–water partition coefficient (Wildman–Crippen LogP) is 3.52. The fourth-order valence-corrected chi connectivity index (χ4v) is 5.56. The molecule has 11 heteroatoms. The first kappa shape index (κ1) is 24.0. The van der Waals surface area contributed by atoms with Crippen LogP contribution in [0.5, 0.6) is 0 Å². The average molecular weight is 471 g/mol. The van der Waals surface area contributed by atoms with E-state index >= 15 is 0 Å². The summed E-state index contributed by atoms with van der Waals surface area (Å²) in [7, 11) is -2.78. The molecule has 1 saturated heterocycles. The molecule has 0 saturated carbocycles. The molecule has 0 bridgehead atoms. The predicted molar refractivity (Wildman–Crippen MR) is 116 cm³/mol. The van der Waals surface area contributed by atoms with Gasteiger partial charge >= 0.3 is 16.4 Å². The monoisotopic (exact) mass is 470 g/mol. The first-order valence-corrected chi connectivity index (χ1v) is 11.3. The van der Waals surface area contributed by atoms with Gasteiger partial charge in [-0.2, -0.15) is 25.9 Å². The van der Waals surface area contributed by atoms with Crippen molar-refractivity contribution in [1.29, 1.82) is 0 Å². The fraction of sp³-hybridized carbons (Fsp3) is 0.429. The second-order valence-corrected chi connectivity index (χ2v) is 9.83. The minimum absolute atomic E-state index is 0.00809. The number of aryl methyl sites for hydroxylation is 2. The van der Waals surface area contributed by atoms with E-state index in [1.54, 1.807) is 32.0 Å². The van der Waals surface area contributed by atoms with Gasteiger partial charge in [0.15, 0.2) is 0 Å². The highest BCUT2D eigenvalue weighted by atomic mass is 32.2. The molecule has 0 spiro atoms. The normalized spacial score (nSPS) is 18.9. The van der Waals surface area contributed by atoms with Crippen LogP contribution in [0.15, 0.2) is 36.4 Å². The molecule has 1 aliphatic rings. The number of rotatable bonds is 4. The Bertz CT molecular complexity index is 1140. The van der Waals surface area contributed by atoms with E-state index in [0.717, 1.165) is 15.9 Å². The maximum absolute atomic E-state index is 13.4. The number of likely N-dealkylation sites (N-methyl/N-ethyl adjacent to an activating group) is 1. The maximum Gasteiger partial charge on any atom is 0.416 e. The molecule has 0 radical (unpaired) electrons. The van der Waals surface area contributed by atoms with Crippen molar-refractivity contribution in [2.45, 2.75) is 46.0 Å². The molecule has 32 heavy (non-hydrogen) atoms. The summed E-state index contributed by atoms with van der Waals surface area (Å²) in [5.74, 6) is -1.00. The molecule has 1 aliphatic heterocycles. The third kappa shape index (κ3) is 4.44. The molecule has 1 aromatic carbocycles. The standard InChI is InChI=1S/C21H25F3N4O3S/c1-13(2)27-12-18(20(29)26(5)17-8-6-7-14(3)9-17)28(32(27,30)31)19-11-16(21(22,23)24)10-15(4)25-19/h6-11,13,18H,12H2,1-5H3/t18-/m0/s1. The van der Waals surface area contributed by atoms with E-state index in [1.165, 1.54) is 18.9 Å². The molecule has 0 N–H and O–H groups in total. The van der Waals surface area contributed by atoms with Crippen molar-refractivity contribution in [2.75, 3.05) is 22.8 Å². The Balaban J connectivity index is 2.12. The van der Waals surface area contributed by atoms with Crippen LogP contribution in [0.25, 0.3) is 0 Å². The van der Waals surface area contributed by atoms with E-state index in [1.807, 2.05) is 13.0 Å². The van der Waals surface area contributed by atoms with E-state index in [-0.39, 0.29) is 12.2 Å². The summed E-state index contributed by atoms with van der Waals surface area (Å²) in [6.07, 6.45) is -4.69. The Morgan fingerprint density at radius 3 is 2.41 bits per heavy atom. The average Bonchev–Trinajstić information content (AvgIpc) is 2.96. The third-order valence-corrected chi connectivity index (χ3v) is 7.36. The molecule has 174 valence electrons. The SMILES string of the molecule is Cc1cccc(N(C)C(=O)[C@@H]2CN(C(C)C)S(=O)(=O)N2c2cc(C(F)(F)F)cc(C)n2)c1. The number of pyridine rings is 1. The van der Waals surface area contributed by atoms with Crippen LogP contribution in [0.4, 0.5) is 24.7 Å². The Morgan fingerprint density at radius 1 is 1.19 bits per heavy atom. The summed E-state index contributed by atoms with van der Waals surface area (Å²) >= 11 is 0. The molecule has 1 fully saturated rings. The lowest BCUT2D eigenvalue weighted by Crippen LogP contribution is -2.47. The number of carbonyl (C=O) groups excluding carboxylic acids is 1. The third-order valence-electron chi connectivity index (χ3n) is 5.25. The topological polar surface area (TPSA) is 73.8 Å². The molecule has 7 nitrogen and oxygen atoms in total. The summed E-state index contributed by atoms with van der Waals surface area (Å²) in [6.45, 7) is 6.27. The van der Waals surface area contributed by atoms with Crippen molar-refractivity contribution < 1.29 is 26.4 Å². The number of benzene rings is 1. The highest BCUT2D eigenvalue weighted by molar-refractivity contribution is 7.90. The quantitative estimate of drug-likeness (QED) is 0.685. The van der Waals surface area contributed by atoms with Crippen molar-refractivity contribution in [3.8, 4) is 0 Å². The fourth-order valence-electron chi connectivity index (χ4n) is 3.66. The zero-order valence-electron chi connectivity index (χ0n) is 18.4. The second-order valence-electron chi connectivity index (χ2n) is 8.07. The van der Waals surface area contributed by atoms with Crippen LogP contribution < -0.4 is 9.21 Å². The number of alkyl halides is 3. The van der Waals surface area contributed by atoms with Gasteiger partial charge < -0.3 is 4.90 Å². The number of halogens is 3. The molecule has 0 aliphatic carbocycles. The van der Waals surface area contributed by atoms with Gasteiger partial charge in [-0.1, -0.05) is 12.1 Å². The zero-order chi connectivity index (χ0) is 24.0. The smallest absolute Gasteiger partial charge is 0.314 e. The van der Waals surface area contributed by atoms with Gasteiger partial charge in [-0.3, -0.25) is 4.79 Å². The minimum Gasteiger partial charge on any atom is -0.314 e. The lowest BCUT2D eigenvalue weighted by molar-refractivity contribution is -0.137. The van der Waals surface area contributed by atoms with Gasteiger partial charge in [0.2, 0.25) is 0 Å². The second kappa shape index (κ2) is 8.36. The molecule has 2 aromatic rings. The highest BCUT2D eigenvalue weighted by Crippen LogP contribution is 2.36. The van der Waals surface area contributed by atoms with E-state index in [0.29, 0.717) is 16.1 Å². The summed E-state index contributed by atoms with van der Waals surface area (Å²) in [4.78, 5) is 18.8. The van der Waals surface area contributed by atoms with Gasteiger partial charge in [0.1, 0.15) is 11.9 Å². The van der Waals surface area contributed by atoms with Crippen molar-refractivity contribution in [2.24, 2.45) is 0 Å². The number of anilines is 2. The maximum atomic E-state index is 13.4. The lowest BCUT2D eigenvalue weighted by atomic mass is 10.1. The van der Waals surface area contributed by atoms with Gasteiger partial charge in [0.05, 0.1) is 5.56 Å². The number of carbonyl (C=O) groups is 1. The lowest BCUT2D eigenvalue weighted by Gasteiger charge is -2.27. The first-order chi connectivity index (χ1) is 14.7. The zero-order valence-corrected chi connectivity index (χ0v) is 19.2. The summed E-state index contributed by atoms with van der Waals surface area (Å²) < 4.78 is 68.6. The van der Waals surface area contributed by atoms with Gasteiger partial charge in [-0.05, 0) is 57.5 Å². The molecular weight excluding hydrogens is 445 g/mol. The Hall–Kier alpha value is -2.66. The van der Waals surface area contributed by atoms with E-state index in [9.17, 15) is 26.4 Å². The minimum atomic E-state index is -4.69. The van der Waals surface area contributed by atoms with Crippen LogP contribution >= 0.6 is 0 Å². The molecule has 1 atom stereocenters. The van der Waals surface area contributed by atoms with Crippen LogP contribution in [0.2, 0.25) is 0 Å². The first-order valence-electron chi connectivity index (χ1n) is 9.95. The largest absolute Gasteiger partial charge is 0.416 e. The summed E-state index contributed by atoms with van der Waals surface area (Å²) in [6, 6.07) is 6.80. The van der Waals surface area contributed by atoms with Crippen LogP contribution in [-0.4, -0.2) is 49.3 Å². The number of amides is 1. The van der Waals surface area contributed by atoms with Crippen molar-refractivity contribution in [1.82, 2.24) is 9.29 Å². The van der Waals surface area contributed by atoms with Crippen molar-refractivity contribution in [3.63, 3.8) is 0 Å².